The van der Waals surface area contributed by atoms with Gasteiger partial charge in [0.15, 0.2) is 0 Å². The Labute approximate surface area is 117 Å². The number of ether oxygens (including phenoxy) is 2. The van der Waals surface area contributed by atoms with Crippen LogP contribution in [0.15, 0.2) is 35.6 Å². The largest absolute Gasteiger partial charge is 0.497 e. The zero-order chi connectivity index (χ0) is 13.7. The van der Waals surface area contributed by atoms with E-state index in [0.717, 1.165) is 33.5 Å². The Hall–Kier alpha value is -1.75. The molecule has 0 fully saturated rings. The monoisotopic (exact) mass is 276 g/mol. The third-order valence-electron chi connectivity index (χ3n) is 2.58. The molecule has 19 heavy (non-hydrogen) atoms. The van der Waals surface area contributed by atoms with E-state index in [-0.39, 0.29) is 0 Å². The lowest BCUT2D eigenvalue weighted by molar-refractivity contribution is 0.393. The van der Waals surface area contributed by atoms with Gasteiger partial charge in [-0.25, -0.2) is 9.97 Å². The van der Waals surface area contributed by atoms with Crippen molar-refractivity contribution >= 4 is 11.8 Å². The van der Waals surface area contributed by atoms with Crippen LogP contribution in [0.1, 0.15) is 11.3 Å². The van der Waals surface area contributed by atoms with Crippen molar-refractivity contribution < 1.29 is 9.47 Å². The van der Waals surface area contributed by atoms with Gasteiger partial charge in [0.25, 0.3) is 0 Å². The molecular formula is C14H16N2O2S. The first-order chi connectivity index (χ1) is 9.21. The maximum atomic E-state index is 5.25. The molecule has 0 spiro atoms. The predicted octanol–water partition coefficient (Wildman–Crippen LogP) is 3.09. The first-order valence-corrected chi connectivity index (χ1v) is 6.83. The molecule has 0 aliphatic rings. The maximum absolute atomic E-state index is 5.25. The Morgan fingerprint density at radius 1 is 1.00 bits per heavy atom. The normalized spacial score (nSPS) is 10.3. The minimum atomic E-state index is 0.800. The summed E-state index contributed by atoms with van der Waals surface area (Å²) in [5.74, 6) is 2.41. The molecule has 4 nitrogen and oxygen atoms in total. The molecule has 0 bridgehead atoms. The van der Waals surface area contributed by atoms with Gasteiger partial charge in [-0.05, 0) is 30.7 Å². The third-order valence-corrected chi connectivity index (χ3v) is 3.57. The van der Waals surface area contributed by atoms with Crippen molar-refractivity contribution in [1.82, 2.24) is 9.97 Å². The summed E-state index contributed by atoms with van der Waals surface area (Å²) in [6, 6.07) is 7.85. The quantitative estimate of drug-likeness (QED) is 0.620. The smallest absolute Gasteiger partial charge is 0.122 e. The van der Waals surface area contributed by atoms with E-state index in [0.29, 0.717) is 0 Å². The molecule has 0 amide bonds. The molecule has 1 aromatic heterocycles. The summed E-state index contributed by atoms with van der Waals surface area (Å²) in [6.45, 7) is 1.96. The lowest BCUT2D eigenvalue weighted by Crippen LogP contribution is -1.91. The first-order valence-electron chi connectivity index (χ1n) is 5.84. The fourth-order valence-corrected chi connectivity index (χ4v) is 2.47. The van der Waals surface area contributed by atoms with Gasteiger partial charge in [0.2, 0.25) is 0 Å². The second kappa shape index (κ2) is 6.43. The van der Waals surface area contributed by atoms with Crippen molar-refractivity contribution in [2.45, 2.75) is 17.7 Å². The summed E-state index contributed by atoms with van der Waals surface area (Å²) < 4.78 is 10.5. The van der Waals surface area contributed by atoms with E-state index in [2.05, 4.69) is 9.97 Å². The van der Waals surface area contributed by atoms with Gasteiger partial charge in [0.05, 0.1) is 19.2 Å². The molecule has 0 aliphatic carbocycles. The maximum Gasteiger partial charge on any atom is 0.122 e. The van der Waals surface area contributed by atoms with Crippen LogP contribution >= 0.6 is 11.8 Å². The SMILES string of the molecule is COc1cc(CSc2cc(C)ncn2)cc(OC)c1. The number of nitrogens with zero attached hydrogens (tertiary/aromatic N) is 2. The van der Waals surface area contributed by atoms with E-state index < -0.39 is 0 Å². The summed E-state index contributed by atoms with van der Waals surface area (Å²) in [5, 5.41) is 0.967. The van der Waals surface area contributed by atoms with Gasteiger partial charge >= 0.3 is 0 Å². The van der Waals surface area contributed by atoms with Gasteiger partial charge in [-0.3, -0.25) is 0 Å². The van der Waals surface area contributed by atoms with Crippen LogP contribution in [-0.2, 0) is 5.75 Å². The van der Waals surface area contributed by atoms with Crippen LogP contribution in [0.5, 0.6) is 11.5 Å². The van der Waals surface area contributed by atoms with Crippen LogP contribution in [0.4, 0.5) is 0 Å². The zero-order valence-electron chi connectivity index (χ0n) is 11.2. The van der Waals surface area contributed by atoms with Crippen LogP contribution in [0.2, 0.25) is 0 Å². The summed E-state index contributed by atoms with van der Waals surface area (Å²) >= 11 is 1.66. The number of rotatable bonds is 5. The van der Waals surface area contributed by atoms with E-state index >= 15 is 0 Å². The molecule has 0 saturated heterocycles. The number of benzene rings is 1. The van der Waals surface area contributed by atoms with Gasteiger partial charge in [-0.2, -0.15) is 0 Å². The highest BCUT2D eigenvalue weighted by Gasteiger charge is 2.04. The molecule has 2 aromatic rings. The number of aromatic nitrogens is 2. The lowest BCUT2D eigenvalue weighted by Gasteiger charge is -2.08. The van der Waals surface area contributed by atoms with Crippen molar-refractivity contribution in [3.8, 4) is 11.5 Å². The van der Waals surface area contributed by atoms with Crippen LogP contribution in [0.3, 0.4) is 0 Å². The summed E-state index contributed by atoms with van der Waals surface area (Å²) in [7, 11) is 3.30. The summed E-state index contributed by atoms with van der Waals surface area (Å²) in [5.41, 5.74) is 2.11. The molecule has 0 radical (unpaired) electrons. The molecule has 1 aromatic carbocycles. The van der Waals surface area contributed by atoms with E-state index in [1.807, 2.05) is 31.2 Å². The average Bonchev–Trinajstić information content (AvgIpc) is 2.44. The van der Waals surface area contributed by atoms with Crippen molar-refractivity contribution in [2.24, 2.45) is 0 Å². The summed E-state index contributed by atoms with van der Waals surface area (Å²) in [4.78, 5) is 8.31. The Kier molecular flexibility index (Phi) is 4.63. The van der Waals surface area contributed by atoms with Gasteiger partial charge < -0.3 is 9.47 Å². The number of methoxy groups -OCH3 is 2. The minimum Gasteiger partial charge on any atom is -0.497 e. The number of hydrogen-bond acceptors (Lipinski definition) is 5. The van der Waals surface area contributed by atoms with E-state index in [1.165, 1.54) is 0 Å². The Morgan fingerprint density at radius 3 is 2.26 bits per heavy atom. The first kappa shape index (κ1) is 13.7. The van der Waals surface area contributed by atoms with Crippen LogP contribution in [-0.4, -0.2) is 24.2 Å². The lowest BCUT2D eigenvalue weighted by atomic mass is 10.2. The molecule has 100 valence electrons. The molecular weight excluding hydrogens is 260 g/mol. The van der Waals surface area contributed by atoms with Gasteiger partial charge in [0.1, 0.15) is 17.8 Å². The van der Waals surface area contributed by atoms with Crippen molar-refractivity contribution in [3.63, 3.8) is 0 Å². The molecule has 0 atom stereocenters. The second-order valence-electron chi connectivity index (χ2n) is 4.01. The standard InChI is InChI=1S/C14H16N2O2S/c1-10-4-14(16-9-15-10)19-8-11-5-12(17-2)7-13(6-11)18-3/h4-7,9H,8H2,1-3H3. The molecule has 0 unspecified atom stereocenters. The Balaban J connectivity index is 2.10. The second-order valence-corrected chi connectivity index (χ2v) is 5.00. The topological polar surface area (TPSA) is 44.2 Å². The third kappa shape index (κ3) is 3.86. The number of thioether (sulfide) groups is 1. The summed E-state index contributed by atoms with van der Waals surface area (Å²) in [6.07, 6.45) is 1.59. The van der Waals surface area contributed by atoms with E-state index in [1.54, 1.807) is 32.3 Å². The zero-order valence-corrected chi connectivity index (χ0v) is 12.0. The van der Waals surface area contributed by atoms with E-state index in [4.69, 9.17) is 9.47 Å². The highest BCUT2D eigenvalue weighted by Crippen LogP contribution is 2.27. The van der Waals surface area contributed by atoms with Gasteiger partial charge in [-0.1, -0.05) is 0 Å². The highest BCUT2D eigenvalue weighted by atomic mass is 32.2. The average molecular weight is 276 g/mol. The van der Waals surface area contributed by atoms with Gasteiger partial charge in [0, 0.05) is 17.5 Å². The van der Waals surface area contributed by atoms with Crippen LogP contribution < -0.4 is 9.47 Å². The van der Waals surface area contributed by atoms with Crippen LogP contribution in [0, 0.1) is 6.92 Å². The minimum absolute atomic E-state index is 0.800. The Bertz CT molecular complexity index is 539. The molecule has 5 heteroatoms. The molecule has 0 aliphatic heterocycles. The number of hydrogen-bond donors (Lipinski definition) is 0. The number of aryl methyl sites for hydroxylation is 1. The predicted molar refractivity (Wildman–Crippen MR) is 75.9 cm³/mol. The van der Waals surface area contributed by atoms with Crippen molar-refractivity contribution in [3.05, 3.63) is 41.9 Å². The highest BCUT2D eigenvalue weighted by molar-refractivity contribution is 7.98. The van der Waals surface area contributed by atoms with Gasteiger partial charge in [-0.15, -0.1) is 11.8 Å². The van der Waals surface area contributed by atoms with Crippen LogP contribution in [0.25, 0.3) is 0 Å². The van der Waals surface area contributed by atoms with Crippen molar-refractivity contribution in [2.75, 3.05) is 14.2 Å². The molecule has 0 N–H and O–H groups in total. The van der Waals surface area contributed by atoms with Crippen molar-refractivity contribution in [1.29, 1.82) is 0 Å². The molecule has 0 saturated carbocycles. The Morgan fingerprint density at radius 2 is 1.68 bits per heavy atom. The fraction of sp³-hybridized carbons (Fsp3) is 0.286. The molecule has 1 heterocycles. The fourth-order valence-electron chi connectivity index (χ4n) is 1.62. The van der Waals surface area contributed by atoms with E-state index in [9.17, 15) is 0 Å². The molecule has 2 rings (SSSR count).